The number of nitrogens with zero attached hydrogens (tertiary/aromatic N) is 3. The second-order valence-electron chi connectivity index (χ2n) is 8.86. The number of ether oxygens (including phenoxy) is 3. The summed E-state index contributed by atoms with van der Waals surface area (Å²) < 4.78 is 20.1. The summed E-state index contributed by atoms with van der Waals surface area (Å²) in [6, 6.07) is 9.65. The Bertz CT molecular complexity index is 1230. The largest absolute Gasteiger partial charge is 0.496 e. The zero-order valence-corrected chi connectivity index (χ0v) is 21.5. The standard InChI is InChI=1S/C26H30BrN3O4/c1-28-20-15-19(27)23(33-3)14-18(20)25-21(28)16-30(26(25)31)17-7-8-22(32-2)24(13-17)34-12-11-29-9-5-4-6-10-29/h7-8,13-15H,4-6,9-12,16H2,1-3H3. The lowest BCUT2D eigenvalue weighted by Crippen LogP contribution is -2.33. The lowest BCUT2D eigenvalue weighted by atomic mass is 10.1. The number of aryl methyl sites for hydroxylation is 1. The van der Waals surface area contributed by atoms with Gasteiger partial charge in [0.25, 0.3) is 5.91 Å². The van der Waals surface area contributed by atoms with Gasteiger partial charge in [-0.25, -0.2) is 0 Å². The summed E-state index contributed by atoms with van der Waals surface area (Å²) in [5.41, 5.74) is 3.52. The topological polar surface area (TPSA) is 56.2 Å². The van der Waals surface area contributed by atoms with Crippen molar-refractivity contribution < 1.29 is 19.0 Å². The molecule has 1 aromatic heterocycles. The number of rotatable bonds is 7. The van der Waals surface area contributed by atoms with Crippen LogP contribution >= 0.6 is 15.9 Å². The minimum atomic E-state index is -0.0191. The quantitative estimate of drug-likeness (QED) is 0.433. The van der Waals surface area contributed by atoms with Gasteiger partial charge in [-0.1, -0.05) is 6.42 Å². The van der Waals surface area contributed by atoms with E-state index >= 15 is 0 Å². The first-order valence-corrected chi connectivity index (χ1v) is 12.5. The molecule has 3 aromatic rings. The van der Waals surface area contributed by atoms with Crippen LogP contribution in [0.2, 0.25) is 0 Å². The van der Waals surface area contributed by atoms with Crippen molar-refractivity contribution in [1.29, 1.82) is 0 Å². The number of carbonyl (C=O) groups is 1. The number of aromatic nitrogens is 1. The Balaban J connectivity index is 1.40. The summed E-state index contributed by atoms with van der Waals surface area (Å²) >= 11 is 3.55. The SMILES string of the molecule is COc1cc2c3c(n(C)c2cc1Br)CN(c1ccc(OC)c(OCCN2CCCCC2)c1)C3=O. The molecule has 0 bridgehead atoms. The van der Waals surface area contributed by atoms with Gasteiger partial charge in [0.15, 0.2) is 11.5 Å². The van der Waals surface area contributed by atoms with Gasteiger partial charge >= 0.3 is 0 Å². The fourth-order valence-corrected chi connectivity index (χ4v) is 5.54. The van der Waals surface area contributed by atoms with E-state index in [0.29, 0.717) is 30.4 Å². The molecule has 2 aliphatic heterocycles. The van der Waals surface area contributed by atoms with Gasteiger partial charge in [0.1, 0.15) is 12.4 Å². The van der Waals surface area contributed by atoms with Crippen molar-refractivity contribution in [2.24, 2.45) is 7.05 Å². The fourth-order valence-electron chi connectivity index (χ4n) is 5.05. The molecule has 3 heterocycles. The Morgan fingerprint density at radius 2 is 1.74 bits per heavy atom. The highest BCUT2D eigenvalue weighted by Gasteiger charge is 2.35. The Kier molecular flexibility index (Phi) is 6.44. The summed E-state index contributed by atoms with van der Waals surface area (Å²) in [4.78, 5) is 17.8. The number of anilines is 1. The van der Waals surface area contributed by atoms with Crippen molar-refractivity contribution in [3.8, 4) is 17.2 Å². The van der Waals surface area contributed by atoms with Crippen molar-refractivity contribution in [1.82, 2.24) is 9.47 Å². The van der Waals surface area contributed by atoms with E-state index in [4.69, 9.17) is 14.2 Å². The summed E-state index contributed by atoms with van der Waals surface area (Å²) in [5, 5.41) is 0.900. The van der Waals surface area contributed by atoms with E-state index in [0.717, 1.165) is 52.0 Å². The van der Waals surface area contributed by atoms with Crippen LogP contribution in [0.3, 0.4) is 0 Å². The molecule has 1 amide bonds. The number of methoxy groups -OCH3 is 2. The van der Waals surface area contributed by atoms with Crippen LogP contribution in [0, 0.1) is 0 Å². The van der Waals surface area contributed by atoms with Crippen LogP contribution < -0.4 is 19.1 Å². The molecule has 8 heteroatoms. The molecule has 1 saturated heterocycles. The van der Waals surface area contributed by atoms with Crippen molar-refractivity contribution >= 4 is 38.4 Å². The van der Waals surface area contributed by atoms with E-state index in [1.54, 1.807) is 19.1 Å². The predicted octanol–water partition coefficient (Wildman–Crippen LogP) is 4.98. The number of likely N-dealkylation sites (tertiary alicyclic amines) is 1. The van der Waals surface area contributed by atoms with Gasteiger partial charge in [-0.2, -0.15) is 0 Å². The normalized spacial score (nSPS) is 16.2. The van der Waals surface area contributed by atoms with Gasteiger partial charge in [-0.3, -0.25) is 9.69 Å². The number of piperidine rings is 1. The third-order valence-electron chi connectivity index (χ3n) is 6.93. The molecule has 0 N–H and O–H groups in total. The van der Waals surface area contributed by atoms with Crippen LogP contribution in [0.1, 0.15) is 35.3 Å². The van der Waals surface area contributed by atoms with Gasteiger partial charge in [-0.15, -0.1) is 0 Å². The average Bonchev–Trinajstić information content (AvgIpc) is 3.33. The maximum atomic E-state index is 13.6. The van der Waals surface area contributed by atoms with Crippen LogP contribution in [-0.2, 0) is 13.6 Å². The second kappa shape index (κ2) is 9.50. The number of amides is 1. The van der Waals surface area contributed by atoms with Gasteiger partial charge in [-0.05, 0) is 66.1 Å². The fraction of sp³-hybridized carbons (Fsp3) is 0.423. The zero-order chi connectivity index (χ0) is 23.8. The molecule has 180 valence electrons. The van der Waals surface area contributed by atoms with Crippen LogP contribution in [0.4, 0.5) is 5.69 Å². The molecule has 7 nitrogen and oxygen atoms in total. The Labute approximate surface area is 208 Å². The molecule has 1 fully saturated rings. The monoisotopic (exact) mass is 527 g/mol. The Morgan fingerprint density at radius 1 is 0.971 bits per heavy atom. The summed E-state index contributed by atoms with van der Waals surface area (Å²) in [6.07, 6.45) is 3.83. The third kappa shape index (κ3) is 4.03. The molecule has 0 atom stereocenters. The molecular formula is C26H30BrN3O4. The highest BCUT2D eigenvalue weighted by atomic mass is 79.9. The number of fused-ring (bicyclic) bond motifs is 3. The van der Waals surface area contributed by atoms with Crippen molar-refractivity contribution in [3.05, 3.63) is 46.1 Å². The van der Waals surface area contributed by atoms with E-state index in [-0.39, 0.29) is 5.91 Å². The lowest BCUT2D eigenvalue weighted by molar-refractivity contribution is 0.0998. The minimum absolute atomic E-state index is 0.0191. The highest BCUT2D eigenvalue weighted by molar-refractivity contribution is 9.10. The maximum Gasteiger partial charge on any atom is 0.261 e. The predicted molar refractivity (Wildman–Crippen MR) is 136 cm³/mol. The average molecular weight is 528 g/mol. The molecule has 0 unspecified atom stereocenters. The summed E-state index contributed by atoms with van der Waals surface area (Å²) in [6.45, 7) is 4.25. The Morgan fingerprint density at radius 3 is 2.47 bits per heavy atom. The van der Waals surface area contributed by atoms with E-state index in [1.165, 1.54) is 19.3 Å². The highest BCUT2D eigenvalue weighted by Crippen LogP contribution is 2.41. The second-order valence-corrected chi connectivity index (χ2v) is 9.72. The van der Waals surface area contributed by atoms with Gasteiger partial charge in [0.05, 0.1) is 42.0 Å². The van der Waals surface area contributed by atoms with Crippen molar-refractivity contribution in [3.63, 3.8) is 0 Å². The molecule has 2 aromatic carbocycles. The van der Waals surface area contributed by atoms with E-state index in [9.17, 15) is 4.79 Å². The first kappa shape index (κ1) is 23.1. The third-order valence-corrected chi connectivity index (χ3v) is 7.55. The molecule has 0 spiro atoms. The maximum absolute atomic E-state index is 13.6. The number of benzene rings is 2. The van der Waals surface area contributed by atoms with E-state index < -0.39 is 0 Å². The molecule has 0 saturated carbocycles. The lowest BCUT2D eigenvalue weighted by Gasteiger charge is -2.26. The molecular weight excluding hydrogens is 498 g/mol. The summed E-state index contributed by atoms with van der Waals surface area (Å²) in [7, 11) is 5.27. The van der Waals surface area contributed by atoms with Crippen LogP contribution in [0.15, 0.2) is 34.8 Å². The van der Waals surface area contributed by atoms with Gasteiger partial charge in [0, 0.05) is 30.7 Å². The minimum Gasteiger partial charge on any atom is -0.496 e. The molecule has 5 rings (SSSR count). The number of carbonyl (C=O) groups excluding carboxylic acids is 1. The summed E-state index contributed by atoms with van der Waals surface area (Å²) in [5.74, 6) is 2.03. The molecule has 0 radical (unpaired) electrons. The Hall–Kier alpha value is -2.71. The van der Waals surface area contributed by atoms with Crippen molar-refractivity contribution in [2.45, 2.75) is 25.8 Å². The van der Waals surface area contributed by atoms with Gasteiger partial charge in [0.2, 0.25) is 0 Å². The molecule has 0 aliphatic carbocycles. The van der Waals surface area contributed by atoms with E-state index in [1.807, 2.05) is 37.4 Å². The van der Waals surface area contributed by atoms with Crippen LogP contribution in [-0.4, -0.2) is 55.8 Å². The van der Waals surface area contributed by atoms with Gasteiger partial charge < -0.3 is 23.7 Å². The zero-order valence-electron chi connectivity index (χ0n) is 19.9. The molecule has 2 aliphatic rings. The first-order chi connectivity index (χ1) is 16.5. The molecule has 34 heavy (non-hydrogen) atoms. The van der Waals surface area contributed by atoms with E-state index in [2.05, 4.69) is 25.4 Å². The first-order valence-electron chi connectivity index (χ1n) is 11.7. The number of hydrogen-bond acceptors (Lipinski definition) is 5. The van der Waals surface area contributed by atoms with Crippen molar-refractivity contribution in [2.75, 3.05) is 45.4 Å². The number of halogens is 1. The van der Waals surface area contributed by atoms with Crippen LogP contribution in [0.5, 0.6) is 17.2 Å². The number of hydrogen-bond donors (Lipinski definition) is 0. The van der Waals surface area contributed by atoms with Crippen LogP contribution in [0.25, 0.3) is 10.9 Å². The smallest absolute Gasteiger partial charge is 0.261 e.